The van der Waals surface area contributed by atoms with Crippen molar-refractivity contribution in [1.29, 1.82) is 0 Å². The van der Waals surface area contributed by atoms with E-state index in [4.69, 9.17) is 4.74 Å². The molecule has 0 aliphatic rings. The Hall–Kier alpha value is -2.98. The summed E-state index contributed by atoms with van der Waals surface area (Å²) in [5.74, 6) is -0.142. The number of nitrogens with one attached hydrogen (secondary N) is 2. The Bertz CT molecular complexity index is 957. The zero-order valence-corrected chi connectivity index (χ0v) is 15.7. The number of hydrogen-bond donors (Lipinski definition) is 2. The molecule has 2 aromatic carbocycles. The number of rotatable bonds is 7. The van der Waals surface area contributed by atoms with Gasteiger partial charge in [-0.2, -0.15) is 4.72 Å². The number of anilines is 1. The Morgan fingerprint density at radius 1 is 1.19 bits per heavy atom. The Balaban J connectivity index is 2.13. The first-order chi connectivity index (χ1) is 12.6. The minimum Gasteiger partial charge on any atom is -0.497 e. The molecule has 0 aromatic heterocycles. The van der Waals surface area contributed by atoms with Crippen molar-refractivity contribution in [1.82, 2.24) is 4.72 Å². The largest absolute Gasteiger partial charge is 0.497 e. The second-order valence-corrected chi connectivity index (χ2v) is 7.48. The molecule has 9 nitrogen and oxygen atoms in total. The minimum atomic E-state index is -3.93. The lowest BCUT2D eigenvalue weighted by Crippen LogP contribution is -2.41. The van der Waals surface area contributed by atoms with Crippen LogP contribution in [0.1, 0.15) is 12.5 Å². The zero-order valence-electron chi connectivity index (χ0n) is 14.9. The van der Waals surface area contributed by atoms with E-state index in [9.17, 15) is 23.3 Å². The molecule has 1 amide bonds. The standard InChI is InChI=1S/C17H19N3O6S/c1-11-4-5-13(20(22)23)10-16(11)18-17(21)12(2)19-27(24,25)15-8-6-14(26-3)7-9-15/h4-10,12,19H,1-3H3,(H,18,21)/t12-/m1/s1. The average molecular weight is 393 g/mol. The first-order valence-corrected chi connectivity index (χ1v) is 9.34. The Morgan fingerprint density at radius 2 is 1.81 bits per heavy atom. The van der Waals surface area contributed by atoms with Gasteiger partial charge >= 0.3 is 0 Å². The summed E-state index contributed by atoms with van der Waals surface area (Å²) in [6.45, 7) is 3.05. The van der Waals surface area contributed by atoms with E-state index in [0.29, 0.717) is 11.3 Å². The number of sulfonamides is 1. The number of nitro groups is 1. The van der Waals surface area contributed by atoms with E-state index in [1.54, 1.807) is 6.92 Å². The van der Waals surface area contributed by atoms with Gasteiger partial charge in [-0.15, -0.1) is 0 Å². The molecule has 0 spiro atoms. The summed E-state index contributed by atoms with van der Waals surface area (Å²) < 4.78 is 32.0. The van der Waals surface area contributed by atoms with E-state index in [1.807, 2.05) is 0 Å². The van der Waals surface area contributed by atoms with E-state index in [-0.39, 0.29) is 16.3 Å². The molecule has 0 aliphatic heterocycles. The van der Waals surface area contributed by atoms with Crippen LogP contribution in [0, 0.1) is 17.0 Å². The summed E-state index contributed by atoms with van der Waals surface area (Å²) in [6.07, 6.45) is 0. The van der Waals surface area contributed by atoms with Crippen LogP contribution >= 0.6 is 0 Å². The second-order valence-electron chi connectivity index (χ2n) is 5.76. The van der Waals surface area contributed by atoms with Gasteiger partial charge in [-0.05, 0) is 43.7 Å². The lowest BCUT2D eigenvalue weighted by atomic mass is 10.1. The molecule has 0 radical (unpaired) electrons. The lowest BCUT2D eigenvalue weighted by Gasteiger charge is -2.15. The maximum Gasteiger partial charge on any atom is 0.271 e. The van der Waals surface area contributed by atoms with E-state index < -0.39 is 26.9 Å². The number of methoxy groups -OCH3 is 1. The number of carbonyl (C=O) groups is 1. The molecule has 2 rings (SSSR count). The summed E-state index contributed by atoms with van der Waals surface area (Å²) in [6, 6.07) is 8.64. The van der Waals surface area contributed by atoms with Crippen molar-refractivity contribution in [2.24, 2.45) is 0 Å². The summed E-state index contributed by atoms with van der Waals surface area (Å²) in [5, 5.41) is 13.4. The molecule has 0 bridgehead atoms. The summed E-state index contributed by atoms with van der Waals surface area (Å²) in [7, 11) is -2.47. The van der Waals surface area contributed by atoms with Gasteiger partial charge in [0.2, 0.25) is 15.9 Å². The molecule has 2 N–H and O–H groups in total. The molecule has 2 aromatic rings. The van der Waals surface area contributed by atoms with Crippen LogP contribution in [-0.4, -0.2) is 32.4 Å². The molecule has 0 saturated carbocycles. The number of hydrogen-bond acceptors (Lipinski definition) is 6. The molecule has 1 atom stereocenters. The molecular formula is C17H19N3O6S. The van der Waals surface area contributed by atoms with Crippen molar-refractivity contribution in [2.75, 3.05) is 12.4 Å². The number of ether oxygens (including phenoxy) is 1. The van der Waals surface area contributed by atoms with Gasteiger partial charge in [0.15, 0.2) is 0 Å². The highest BCUT2D eigenvalue weighted by Crippen LogP contribution is 2.22. The Labute approximate surface area is 156 Å². The SMILES string of the molecule is COc1ccc(S(=O)(=O)N[C@H](C)C(=O)Nc2cc([N+](=O)[O-])ccc2C)cc1. The van der Waals surface area contributed by atoms with Gasteiger partial charge in [0.1, 0.15) is 5.75 Å². The van der Waals surface area contributed by atoms with Crippen LogP contribution in [0.3, 0.4) is 0 Å². The lowest BCUT2D eigenvalue weighted by molar-refractivity contribution is -0.384. The number of aryl methyl sites for hydroxylation is 1. The zero-order chi connectivity index (χ0) is 20.2. The van der Waals surface area contributed by atoms with E-state index in [2.05, 4.69) is 10.0 Å². The third kappa shape index (κ3) is 5.02. The van der Waals surface area contributed by atoms with Gasteiger partial charge in [0.05, 0.1) is 28.7 Å². The van der Waals surface area contributed by atoms with Crippen LogP contribution in [0.2, 0.25) is 0 Å². The number of amides is 1. The van der Waals surface area contributed by atoms with Gasteiger partial charge in [-0.3, -0.25) is 14.9 Å². The smallest absolute Gasteiger partial charge is 0.271 e. The van der Waals surface area contributed by atoms with Gasteiger partial charge in [-0.1, -0.05) is 6.07 Å². The molecule has 0 fully saturated rings. The molecular weight excluding hydrogens is 374 g/mol. The summed E-state index contributed by atoms with van der Waals surface area (Å²) >= 11 is 0. The molecule has 0 aliphatic carbocycles. The predicted octanol–water partition coefficient (Wildman–Crippen LogP) is 2.22. The molecule has 0 heterocycles. The fourth-order valence-corrected chi connectivity index (χ4v) is 3.41. The van der Waals surface area contributed by atoms with Crippen LogP contribution in [0.25, 0.3) is 0 Å². The predicted molar refractivity (Wildman–Crippen MR) is 99.2 cm³/mol. The summed E-state index contributed by atoms with van der Waals surface area (Å²) in [5.41, 5.74) is 0.672. The third-order valence-electron chi connectivity index (χ3n) is 3.78. The van der Waals surface area contributed by atoms with E-state index in [0.717, 1.165) is 0 Å². The van der Waals surface area contributed by atoms with Gasteiger partial charge < -0.3 is 10.1 Å². The second kappa shape index (κ2) is 8.14. The van der Waals surface area contributed by atoms with Crippen LogP contribution < -0.4 is 14.8 Å². The van der Waals surface area contributed by atoms with Gasteiger partial charge in [0, 0.05) is 12.1 Å². The van der Waals surface area contributed by atoms with Crippen molar-refractivity contribution < 1.29 is 22.9 Å². The number of non-ortho nitro benzene ring substituents is 1. The average Bonchev–Trinajstić information content (AvgIpc) is 2.62. The minimum absolute atomic E-state index is 0.0190. The topological polar surface area (TPSA) is 128 Å². The third-order valence-corrected chi connectivity index (χ3v) is 5.34. The van der Waals surface area contributed by atoms with Crippen LogP contribution in [0.15, 0.2) is 47.4 Å². The monoisotopic (exact) mass is 393 g/mol. The van der Waals surface area contributed by atoms with Crippen LogP contribution in [0.4, 0.5) is 11.4 Å². The van der Waals surface area contributed by atoms with Gasteiger partial charge in [0.25, 0.3) is 5.69 Å². The Morgan fingerprint density at radius 3 is 2.37 bits per heavy atom. The van der Waals surface area contributed by atoms with Crippen molar-refractivity contribution in [3.8, 4) is 5.75 Å². The molecule has 10 heteroatoms. The van der Waals surface area contributed by atoms with Crippen LogP contribution in [-0.2, 0) is 14.8 Å². The van der Waals surface area contributed by atoms with Crippen LogP contribution in [0.5, 0.6) is 5.75 Å². The van der Waals surface area contributed by atoms with Crippen molar-refractivity contribution in [3.63, 3.8) is 0 Å². The van der Waals surface area contributed by atoms with Crippen molar-refractivity contribution in [3.05, 3.63) is 58.1 Å². The number of benzene rings is 2. The molecule has 144 valence electrons. The van der Waals surface area contributed by atoms with Crippen molar-refractivity contribution >= 4 is 27.3 Å². The molecule has 0 unspecified atom stereocenters. The maximum absolute atomic E-state index is 12.4. The maximum atomic E-state index is 12.4. The van der Waals surface area contributed by atoms with E-state index in [1.165, 1.54) is 56.5 Å². The number of nitrogens with zero attached hydrogens (tertiary/aromatic N) is 1. The molecule has 0 saturated heterocycles. The quantitative estimate of drug-likeness (QED) is 0.548. The highest BCUT2D eigenvalue weighted by atomic mass is 32.2. The molecule has 27 heavy (non-hydrogen) atoms. The Kier molecular flexibility index (Phi) is 6.13. The highest BCUT2D eigenvalue weighted by molar-refractivity contribution is 7.89. The van der Waals surface area contributed by atoms with Crippen molar-refractivity contribution in [2.45, 2.75) is 24.8 Å². The highest BCUT2D eigenvalue weighted by Gasteiger charge is 2.23. The van der Waals surface area contributed by atoms with Gasteiger partial charge in [-0.25, -0.2) is 8.42 Å². The first-order valence-electron chi connectivity index (χ1n) is 7.86. The number of carbonyl (C=O) groups excluding carboxylic acids is 1. The summed E-state index contributed by atoms with van der Waals surface area (Å²) in [4.78, 5) is 22.6. The fraction of sp³-hybridized carbons (Fsp3) is 0.235. The fourth-order valence-electron chi connectivity index (χ4n) is 2.21. The number of nitro benzene ring substituents is 1. The normalized spacial score (nSPS) is 12.3. The first kappa shape index (κ1) is 20.3. The van der Waals surface area contributed by atoms with E-state index >= 15 is 0 Å².